The Labute approximate surface area is 116 Å². The molecular formula is C16H27NO2. The van der Waals surface area contributed by atoms with E-state index in [0.29, 0.717) is 12.0 Å². The first-order valence-corrected chi connectivity index (χ1v) is 8.26. The third kappa shape index (κ3) is 2.14. The van der Waals surface area contributed by atoms with Crippen LogP contribution in [0.1, 0.15) is 44.9 Å². The van der Waals surface area contributed by atoms with Gasteiger partial charge in [-0.2, -0.15) is 0 Å². The standard InChI is InChI=1S/C16H27NO2/c17-15(14-12-2-1-3-13(12)14)11-4-7-19-16(10-11)5-8-18-9-6-16/h11-15H,1-10,17H2. The van der Waals surface area contributed by atoms with Gasteiger partial charge in [-0.1, -0.05) is 6.42 Å². The summed E-state index contributed by atoms with van der Waals surface area (Å²) in [6.07, 6.45) is 8.87. The first kappa shape index (κ1) is 12.6. The molecular weight excluding hydrogens is 238 g/mol. The van der Waals surface area contributed by atoms with Crippen LogP contribution in [0.4, 0.5) is 0 Å². The SMILES string of the molecule is NC(C1CCOC2(CCOCC2)C1)C1C2CCCC21. The lowest BCUT2D eigenvalue weighted by molar-refractivity contribution is -0.149. The zero-order chi connectivity index (χ0) is 12.9. The summed E-state index contributed by atoms with van der Waals surface area (Å²) in [5, 5.41) is 0. The van der Waals surface area contributed by atoms with Gasteiger partial charge in [-0.25, -0.2) is 0 Å². The summed E-state index contributed by atoms with van der Waals surface area (Å²) >= 11 is 0. The second kappa shape index (κ2) is 4.71. The van der Waals surface area contributed by atoms with E-state index in [1.54, 1.807) is 0 Å². The third-order valence-corrected chi connectivity index (χ3v) is 6.40. The molecule has 2 heterocycles. The predicted octanol–water partition coefficient (Wildman–Crippen LogP) is 2.34. The second-order valence-electron chi connectivity index (χ2n) is 7.31. The molecule has 4 fully saturated rings. The highest BCUT2D eigenvalue weighted by Crippen LogP contribution is 2.60. The lowest BCUT2D eigenvalue weighted by Crippen LogP contribution is -2.49. The predicted molar refractivity (Wildman–Crippen MR) is 73.8 cm³/mol. The van der Waals surface area contributed by atoms with Crippen LogP contribution in [0.15, 0.2) is 0 Å². The molecule has 19 heavy (non-hydrogen) atoms. The van der Waals surface area contributed by atoms with Gasteiger partial charge in [-0.05, 0) is 62.2 Å². The molecule has 4 aliphatic rings. The van der Waals surface area contributed by atoms with Gasteiger partial charge in [0.25, 0.3) is 0 Å². The van der Waals surface area contributed by atoms with Gasteiger partial charge >= 0.3 is 0 Å². The van der Waals surface area contributed by atoms with Gasteiger partial charge in [0.1, 0.15) is 0 Å². The fraction of sp³-hybridized carbons (Fsp3) is 1.00. The highest BCUT2D eigenvalue weighted by atomic mass is 16.5. The van der Waals surface area contributed by atoms with Crippen LogP contribution in [0, 0.1) is 23.7 Å². The second-order valence-corrected chi connectivity index (χ2v) is 7.31. The number of hydrogen-bond acceptors (Lipinski definition) is 3. The maximum absolute atomic E-state index is 6.65. The Morgan fingerprint density at radius 1 is 1.00 bits per heavy atom. The van der Waals surface area contributed by atoms with Gasteiger partial charge in [0.05, 0.1) is 5.60 Å². The lowest BCUT2D eigenvalue weighted by Gasteiger charge is -2.45. The molecule has 0 aromatic heterocycles. The van der Waals surface area contributed by atoms with Crippen molar-refractivity contribution < 1.29 is 9.47 Å². The fourth-order valence-electron chi connectivity index (χ4n) is 5.25. The van der Waals surface area contributed by atoms with E-state index < -0.39 is 0 Å². The van der Waals surface area contributed by atoms with Crippen LogP contribution in [0.2, 0.25) is 0 Å². The van der Waals surface area contributed by atoms with Crippen molar-refractivity contribution in [2.45, 2.75) is 56.6 Å². The molecule has 0 amide bonds. The molecule has 2 N–H and O–H groups in total. The molecule has 4 atom stereocenters. The first-order chi connectivity index (χ1) is 9.29. The molecule has 0 radical (unpaired) electrons. The minimum Gasteiger partial charge on any atom is -0.381 e. The quantitative estimate of drug-likeness (QED) is 0.833. The lowest BCUT2D eigenvalue weighted by atomic mass is 9.76. The van der Waals surface area contributed by atoms with Crippen LogP contribution in [0.25, 0.3) is 0 Å². The molecule has 2 saturated heterocycles. The van der Waals surface area contributed by atoms with Crippen molar-refractivity contribution in [3.8, 4) is 0 Å². The van der Waals surface area contributed by atoms with Gasteiger partial charge in [-0.3, -0.25) is 0 Å². The summed E-state index contributed by atoms with van der Waals surface area (Å²) in [6.45, 7) is 2.66. The summed E-state index contributed by atoms with van der Waals surface area (Å²) in [5.41, 5.74) is 6.76. The molecule has 1 spiro atoms. The minimum absolute atomic E-state index is 0.114. The highest BCUT2D eigenvalue weighted by Gasteiger charge is 2.57. The van der Waals surface area contributed by atoms with E-state index in [1.165, 1.54) is 32.1 Å². The average molecular weight is 265 g/mol. The number of ether oxygens (including phenoxy) is 2. The number of nitrogens with two attached hydrogens (primary N) is 1. The summed E-state index contributed by atoms with van der Waals surface area (Å²) in [6, 6.07) is 0.443. The fourth-order valence-corrected chi connectivity index (χ4v) is 5.25. The normalized spacial score (nSPS) is 45.9. The molecule has 2 aliphatic carbocycles. The molecule has 2 saturated carbocycles. The molecule has 0 aromatic carbocycles. The average Bonchev–Trinajstić information content (AvgIpc) is 2.91. The van der Waals surface area contributed by atoms with Crippen molar-refractivity contribution >= 4 is 0 Å². The van der Waals surface area contributed by atoms with Gasteiger partial charge in [0, 0.05) is 25.9 Å². The van der Waals surface area contributed by atoms with Crippen LogP contribution in [0.5, 0.6) is 0 Å². The van der Waals surface area contributed by atoms with Gasteiger partial charge < -0.3 is 15.2 Å². The van der Waals surface area contributed by atoms with Crippen molar-refractivity contribution in [1.82, 2.24) is 0 Å². The van der Waals surface area contributed by atoms with Crippen molar-refractivity contribution in [1.29, 1.82) is 0 Å². The topological polar surface area (TPSA) is 44.5 Å². The third-order valence-electron chi connectivity index (χ3n) is 6.40. The Morgan fingerprint density at radius 2 is 1.74 bits per heavy atom. The Bertz CT molecular complexity index is 324. The Morgan fingerprint density at radius 3 is 2.47 bits per heavy atom. The Balaban J connectivity index is 1.41. The zero-order valence-corrected chi connectivity index (χ0v) is 11.9. The first-order valence-electron chi connectivity index (χ1n) is 8.26. The molecule has 3 heteroatoms. The molecule has 0 aromatic rings. The van der Waals surface area contributed by atoms with E-state index in [0.717, 1.165) is 50.4 Å². The molecule has 4 rings (SSSR count). The van der Waals surface area contributed by atoms with E-state index in [-0.39, 0.29) is 5.60 Å². The monoisotopic (exact) mass is 265 g/mol. The van der Waals surface area contributed by atoms with Gasteiger partial charge in [0.15, 0.2) is 0 Å². The van der Waals surface area contributed by atoms with Crippen LogP contribution < -0.4 is 5.73 Å². The smallest absolute Gasteiger partial charge is 0.0729 e. The van der Waals surface area contributed by atoms with Crippen molar-refractivity contribution in [3.05, 3.63) is 0 Å². The van der Waals surface area contributed by atoms with Crippen LogP contribution >= 0.6 is 0 Å². The number of rotatable bonds is 2. The van der Waals surface area contributed by atoms with E-state index in [4.69, 9.17) is 15.2 Å². The van der Waals surface area contributed by atoms with E-state index >= 15 is 0 Å². The summed E-state index contributed by atoms with van der Waals surface area (Å²) in [7, 11) is 0. The van der Waals surface area contributed by atoms with Gasteiger partial charge in [-0.15, -0.1) is 0 Å². The van der Waals surface area contributed by atoms with E-state index in [1.807, 2.05) is 0 Å². The molecule has 0 bridgehead atoms. The Hall–Kier alpha value is -0.120. The summed E-state index contributed by atoms with van der Waals surface area (Å²) in [4.78, 5) is 0. The van der Waals surface area contributed by atoms with E-state index in [9.17, 15) is 0 Å². The number of hydrogen-bond donors (Lipinski definition) is 1. The van der Waals surface area contributed by atoms with Crippen LogP contribution in [0.3, 0.4) is 0 Å². The minimum atomic E-state index is 0.114. The van der Waals surface area contributed by atoms with Gasteiger partial charge in [0.2, 0.25) is 0 Å². The van der Waals surface area contributed by atoms with Crippen molar-refractivity contribution in [2.24, 2.45) is 29.4 Å². The van der Waals surface area contributed by atoms with Crippen molar-refractivity contribution in [3.63, 3.8) is 0 Å². The number of fused-ring (bicyclic) bond motifs is 1. The molecule has 4 unspecified atom stereocenters. The maximum Gasteiger partial charge on any atom is 0.0729 e. The maximum atomic E-state index is 6.65. The zero-order valence-electron chi connectivity index (χ0n) is 11.9. The molecule has 2 aliphatic heterocycles. The van der Waals surface area contributed by atoms with Crippen LogP contribution in [-0.2, 0) is 9.47 Å². The molecule has 3 nitrogen and oxygen atoms in total. The summed E-state index contributed by atoms with van der Waals surface area (Å²) in [5.74, 6) is 3.53. The van der Waals surface area contributed by atoms with Crippen molar-refractivity contribution in [2.75, 3.05) is 19.8 Å². The Kier molecular flexibility index (Phi) is 3.13. The van der Waals surface area contributed by atoms with Crippen LogP contribution in [-0.4, -0.2) is 31.5 Å². The summed E-state index contributed by atoms with van der Waals surface area (Å²) < 4.78 is 11.6. The van der Waals surface area contributed by atoms with E-state index in [2.05, 4.69) is 0 Å². The highest BCUT2D eigenvalue weighted by molar-refractivity contribution is 5.08. The molecule has 108 valence electrons. The largest absolute Gasteiger partial charge is 0.381 e.